The number of hydrogen-bond acceptors (Lipinski definition) is 8. The molecule has 2 aromatic carbocycles. The van der Waals surface area contributed by atoms with Gasteiger partial charge in [-0.05, 0) is 60.7 Å². The lowest BCUT2D eigenvalue weighted by atomic mass is 9.99. The lowest BCUT2D eigenvalue weighted by Crippen LogP contribution is -2.13. The third-order valence-electron chi connectivity index (χ3n) is 5.50. The lowest BCUT2D eigenvalue weighted by molar-refractivity contribution is -0.138. The summed E-state index contributed by atoms with van der Waals surface area (Å²) in [5.41, 5.74) is 1.36. The topological polar surface area (TPSA) is 106 Å². The van der Waals surface area contributed by atoms with Gasteiger partial charge in [0.2, 0.25) is 10.1 Å². The fraction of sp³-hybridized carbons (Fsp3) is 0.333. The van der Waals surface area contributed by atoms with E-state index in [1.165, 1.54) is 11.6 Å². The van der Waals surface area contributed by atoms with Crippen LogP contribution in [0.15, 0.2) is 48.0 Å². The Kier molecular flexibility index (Phi) is 10.3. The molecule has 1 amide bonds. The van der Waals surface area contributed by atoms with Crippen molar-refractivity contribution in [2.24, 2.45) is 0 Å². The molecule has 0 aliphatic carbocycles. The van der Waals surface area contributed by atoms with Crippen LogP contribution in [0.2, 0.25) is 0 Å². The fourth-order valence-electron chi connectivity index (χ4n) is 3.31. The molecule has 1 aromatic heterocycles. The van der Waals surface area contributed by atoms with Gasteiger partial charge in [0.15, 0.2) is 11.5 Å². The third kappa shape index (κ3) is 8.44. The van der Waals surface area contributed by atoms with Gasteiger partial charge in [0.25, 0.3) is 5.91 Å². The van der Waals surface area contributed by atoms with E-state index < -0.39 is 17.1 Å². The van der Waals surface area contributed by atoms with E-state index in [0.29, 0.717) is 36.2 Å². The van der Waals surface area contributed by atoms with E-state index in [2.05, 4.69) is 29.4 Å². The minimum absolute atomic E-state index is 0.161. The second-order valence-electron chi connectivity index (χ2n) is 8.25. The molecule has 0 fully saturated rings. The Hall–Kier alpha value is -4.11. The number of hydrogen-bond donors (Lipinski definition) is 1. The van der Waals surface area contributed by atoms with Crippen molar-refractivity contribution in [3.63, 3.8) is 0 Å². The summed E-state index contributed by atoms with van der Waals surface area (Å²) in [6, 6.07) is 14.5. The highest BCUT2D eigenvalue weighted by Gasteiger charge is 2.35. The first kappa shape index (κ1) is 29.4. The molecule has 1 heterocycles. The highest BCUT2D eigenvalue weighted by molar-refractivity contribution is 7.15. The zero-order valence-corrected chi connectivity index (χ0v) is 22.4. The largest absolute Gasteiger partial charge is 0.490 e. The van der Waals surface area contributed by atoms with Gasteiger partial charge in [0, 0.05) is 0 Å². The van der Waals surface area contributed by atoms with Gasteiger partial charge in [-0.15, -0.1) is 10.2 Å². The van der Waals surface area contributed by atoms with E-state index in [0.717, 1.165) is 12.2 Å². The average Bonchev–Trinajstić information content (AvgIpc) is 3.40. The molecule has 3 aromatic rings. The van der Waals surface area contributed by atoms with Gasteiger partial charge in [-0.1, -0.05) is 43.4 Å². The maximum absolute atomic E-state index is 12.7. The first-order valence-corrected chi connectivity index (χ1v) is 12.9. The zero-order chi connectivity index (χ0) is 28.4. The van der Waals surface area contributed by atoms with E-state index in [-0.39, 0.29) is 28.6 Å². The maximum atomic E-state index is 12.7. The number of nitrogens with zero attached hydrogens (tertiary/aromatic N) is 3. The number of halogens is 3. The summed E-state index contributed by atoms with van der Waals surface area (Å²) in [4.78, 5) is 12.4. The number of ether oxygens (including phenoxy) is 3. The molecule has 8 nitrogen and oxygen atoms in total. The lowest BCUT2D eigenvalue weighted by Gasteiger charge is -2.14. The van der Waals surface area contributed by atoms with Crippen LogP contribution in [-0.2, 0) is 11.0 Å². The Bertz CT molecular complexity index is 1330. The van der Waals surface area contributed by atoms with Crippen molar-refractivity contribution in [3.8, 4) is 23.3 Å². The van der Waals surface area contributed by atoms with Gasteiger partial charge >= 0.3 is 6.18 Å². The van der Waals surface area contributed by atoms with Crippen LogP contribution in [0.25, 0.3) is 6.08 Å². The number of rotatable bonds is 12. The number of alkyl halides is 3. The molecule has 0 radical (unpaired) electrons. The van der Waals surface area contributed by atoms with E-state index in [1.807, 2.05) is 24.3 Å². The summed E-state index contributed by atoms with van der Waals surface area (Å²) in [5, 5.41) is 16.3. The third-order valence-corrected chi connectivity index (χ3v) is 6.39. The van der Waals surface area contributed by atoms with Crippen LogP contribution in [0.5, 0.6) is 17.2 Å². The van der Waals surface area contributed by atoms with Gasteiger partial charge in [0.1, 0.15) is 30.6 Å². The molecule has 1 N–H and O–H groups in total. The van der Waals surface area contributed by atoms with Crippen molar-refractivity contribution in [2.75, 3.05) is 25.1 Å². The molecule has 0 bridgehead atoms. The fourth-order valence-corrected chi connectivity index (χ4v) is 3.92. The summed E-state index contributed by atoms with van der Waals surface area (Å²) in [6.45, 7) is 7.00. The highest BCUT2D eigenvalue weighted by atomic mass is 32.1. The molecule has 12 heteroatoms. The molecular weight excluding hydrogens is 533 g/mol. The second-order valence-corrected chi connectivity index (χ2v) is 9.23. The Labute approximate surface area is 228 Å². The number of nitrogens with one attached hydrogen (secondary N) is 1. The molecule has 3 rings (SSSR count). The number of anilines is 1. The van der Waals surface area contributed by atoms with E-state index in [9.17, 15) is 23.2 Å². The van der Waals surface area contributed by atoms with Crippen LogP contribution in [0.4, 0.5) is 18.3 Å². The maximum Gasteiger partial charge on any atom is 0.445 e. The zero-order valence-electron chi connectivity index (χ0n) is 21.5. The quantitative estimate of drug-likeness (QED) is 0.154. The van der Waals surface area contributed by atoms with Crippen molar-refractivity contribution in [3.05, 3.63) is 64.2 Å². The summed E-state index contributed by atoms with van der Waals surface area (Å²) in [7, 11) is 0. The predicted molar refractivity (Wildman–Crippen MR) is 141 cm³/mol. The minimum atomic E-state index is -4.68. The van der Waals surface area contributed by atoms with Crippen LogP contribution in [0, 0.1) is 11.3 Å². The molecule has 39 heavy (non-hydrogen) atoms. The summed E-state index contributed by atoms with van der Waals surface area (Å²) in [5.74, 6) is 1.14. The Morgan fingerprint density at radius 2 is 1.79 bits per heavy atom. The molecule has 1 unspecified atom stereocenters. The Balaban J connectivity index is 1.62. The Morgan fingerprint density at radius 1 is 1.08 bits per heavy atom. The van der Waals surface area contributed by atoms with E-state index >= 15 is 0 Å². The first-order chi connectivity index (χ1) is 18.6. The van der Waals surface area contributed by atoms with Crippen LogP contribution >= 0.6 is 11.3 Å². The monoisotopic (exact) mass is 560 g/mol. The number of nitriles is 1. The summed E-state index contributed by atoms with van der Waals surface area (Å²) in [6.07, 6.45) is -2.34. The number of aromatic nitrogens is 2. The normalized spacial score (nSPS) is 12.4. The van der Waals surface area contributed by atoms with Crippen molar-refractivity contribution >= 4 is 28.5 Å². The molecular formula is C27H27F3N4O4S. The van der Waals surface area contributed by atoms with Crippen molar-refractivity contribution in [1.29, 1.82) is 5.26 Å². The molecule has 1 atom stereocenters. The van der Waals surface area contributed by atoms with Crippen LogP contribution in [0.1, 0.15) is 49.2 Å². The summed E-state index contributed by atoms with van der Waals surface area (Å²) >= 11 is 0.161. The number of carbonyl (C=O) groups is 1. The number of amides is 1. The van der Waals surface area contributed by atoms with Gasteiger partial charge in [-0.2, -0.15) is 18.4 Å². The molecule has 206 valence electrons. The number of benzene rings is 2. The predicted octanol–water partition coefficient (Wildman–Crippen LogP) is 6.47. The van der Waals surface area contributed by atoms with Crippen molar-refractivity contribution in [2.45, 2.75) is 39.3 Å². The Morgan fingerprint density at radius 3 is 2.41 bits per heavy atom. The smallest absolute Gasteiger partial charge is 0.445 e. The number of carbonyl (C=O) groups excluding carboxylic acids is 1. The van der Waals surface area contributed by atoms with Crippen LogP contribution in [0.3, 0.4) is 0 Å². The van der Waals surface area contributed by atoms with Crippen molar-refractivity contribution in [1.82, 2.24) is 10.2 Å². The molecule has 0 saturated carbocycles. The summed E-state index contributed by atoms with van der Waals surface area (Å²) < 4.78 is 55.3. The van der Waals surface area contributed by atoms with Gasteiger partial charge in [0.05, 0.1) is 6.61 Å². The molecule has 0 saturated heterocycles. The molecule has 0 aliphatic heterocycles. The molecule has 0 aliphatic rings. The van der Waals surface area contributed by atoms with Gasteiger partial charge in [-0.3, -0.25) is 10.1 Å². The SMILES string of the molecule is CCOc1cc(/C=C(/C#N)C(=O)Nc2nnc(C(F)(F)F)s2)ccc1OCCOc1ccc(C(C)CC)cc1. The minimum Gasteiger partial charge on any atom is -0.490 e. The first-order valence-electron chi connectivity index (χ1n) is 12.1. The highest BCUT2D eigenvalue weighted by Crippen LogP contribution is 2.33. The van der Waals surface area contributed by atoms with Crippen LogP contribution < -0.4 is 19.5 Å². The van der Waals surface area contributed by atoms with Gasteiger partial charge in [-0.25, -0.2) is 0 Å². The average molecular weight is 561 g/mol. The van der Waals surface area contributed by atoms with Crippen molar-refractivity contribution < 1.29 is 32.2 Å². The van der Waals surface area contributed by atoms with Crippen LogP contribution in [-0.4, -0.2) is 35.9 Å². The van der Waals surface area contributed by atoms with Gasteiger partial charge < -0.3 is 14.2 Å². The van der Waals surface area contributed by atoms with E-state index in [4.69, 9.17) is 14.2 Å². The standard InChI is InChI=1S/C27H27F3N4O4S/c1-4-17(3)19-7-9-21(10-8-19)37-12-13-38-22-11-6-18(15-23(22)36-5-2)14-20(16-31)24(35)32-26-34-33-25(39-26)27(28,29)30/h6-11,14-15,17H,4-5,12-13H2,1-3H3,(H,32,34,35)/b20-14-. The second kappa shape index (κ2) is 13.6. The van der Waals surface area contributed by atoms with E-state index in [1.54, 1.807) is 31.2 Å². The molecule has 0 spiro atoms.